The fourth-order valence-corrected chi connectivity index (χ4v) is 3.83. The standard InChI is InChI=1S/C21H19N3S/c1-2-13-25-21-19-18(16-9-5-3-6-10-16)14-24(20(19)22-15-23-21)17-11-7-4-8-12-17/h3-12,14-15H,2,13H2,1H3. The van der Waals surface area contributed by atoms with Crippen molar-refractivity contribution < 1.29 is 0 Å². The summed E-state index contributed by atoms with van der Waals surface area (Å²) in [6.07, 6.45) is 4.98. The van der Waals surface area contributed by atoms with E-state index >= 15 is 0 Å². The Morgan fingerprint density at radius 2 is 1.64 bits per heavy atom. The van der Waals surface area contributed by atoms with Crippen molar-refractivity contribution in [2.45, 2.75) is 18.4 Å². The van der Waals surface area contributed by atoms with Crippen molar-refractivity contribution in [3.05, 3.63) is 73.2 Å². The molecule has 0 aliphatic rings. The van der Waals surface area contributed by atoms with Crippen LogP contribution in [-0.2, 0) is 0 Å². The van der Waals surface area contributed by atoms with E-state index < -0.39 is 0 Å². The fraction of sp³-hybridized carbons (Fsp3) is 0.143. The lowest BCUT2D eigenvalue weighted by atomic mass is 10.1. The Morgan fingerprint density at radius 1 is 0.920 bits per heavy atom. The van der Waals surface area contributed by atoms with Crippen LogP contribution in [0.3, 0.4) is 0 Å². The average Bonchev–Trinajstić information content (AvgIpc) is 3.08. The van der Waals surface area contributed by atoms with Gasteiger partial charge in [0.2, 0.25) is 0 Å². The van der Waals surface area contributed by atoms with E-state index in [-0.39, 0.29) is 0 Å². The SMILES string of the molecule is CCCSc1ncnc2c1c(-c1ccccc1)cn2-c1ccccc1. The van der Waals surface area contributed by atoms with Gasteiger partial charge in [0.05, 0.1) is 5.39 Å². The normalized spacial score (nSPS) is 11.1. The summed E-state index contributed by atoms with van der Waals surface area (Å²) < 4.78 is 2.16. The molecule has 0 unspecified atom stereocenters. The van der Waals surface area contributed by atoms with Gasteiger partial charge in [-0.1, -0.05) is 55.5 Å². The average molecular weight is 345 g/mol. The highest BCUT2D eigenvalue weighted by molar-refractivity contribution is 7.99. The highest BCUT2D eigenvalue weighted by Crippen LogP contribution is 2.36. The summed E-state index contributed by atoms with van der Waals surface area (Å²) in [5.41, 5.74) is 4.44. The van der Waals surface area contributed by atoms with Gasteiger partial charge in [-0.3, -0.25) is 0 Å². The van der Waals surface area contributed by atoms with Crippen molar-refractivity contribution in [2.75, 3.05) is 5.75 Å². The summed E-state index contributed by atoms with van der Waals surface area (Å²) in [6, 6.07) is 20.8. The van der Waals surface area contributed by atoms with Gasteiger partial charge in [-0.05, 0) is 29.9 Å². The minimum atomic E-state index is 0.957. The molecule has 0 N–H and O–H groups in total. The zero-order valence-corrected chi connectivity index (χ0v) is 14.9. The van der Waals surface area contributed by atoms with Crippen LogP contribution < -0.4 is 0 Å². The van der Waals surface area contributed by atoms with Crippen molar-refractivity contribution in [2.24, 2.45) is 0 Å². The first kappa shape index (κ1) is 15.9. The smallest absolute Gasteiger partial charge is 0.149 e. The molecular formula is C21H19N3S. The molecule has 2 heterocycles. The minimum absolute atomic E-state index is 0.957. The molecular weight excluding hydrogens is 326 g/mol. The Bertz CT molecular complexity index is 978. The number of benzene rings is 2. The third-order valence-electron chi connectivity index (χ3n) is 4.11. The quantitative estimate of drug-likeness (QED) is 0.349. The largest absolute Gasteiger partial charge is 0.301 e. The molecule has 2 aromatic heterocycles. The molecule has 0 atom stereocenters. The number of hydrogen-bond donors (Lipinski definition) is 0. The van der Waals surface area contributed by atoms with Crippen molar-refractivity contribution in [1.82, 2.24) is 14.5 Å². The summed E-state index contributed by atoms with van der Waals surface area (Å²) in [7, 11) is 0. The minimum Gasteiger partial charge on any atom is -0.301 e. The van der Waals surface area contributed by atoms with Gasteiger partial charge in [-0.25, -0.2) is 9.97 Å². The van der Waals surface area contributed by atoms with Crippen LogP contribution in [0.1, 0.15) is 13.3 Å². The topological polar surface area (TPSA) is 30.7 Å². The highest BCUT2D eigenvalue weighted by atomic mass is 32.2. The lowest BCUT2D eigenvalue weighted by Gasteiger charge is -2.05. The van der Waals surface area contributed by atoms with E-state index in [1.807, 2.05) is 12.1 Å². The van der Waals surface area contributed by atoms with Crippen LogP contribution in [0.25, 0.3) is 27.8 Å². The monoisotopic (exact) mass is 345 g/mol. The second-order valence-electron chi connectivity index (χ2n) is 5.84. The molecule has 0 aliphatic heterocycles. The van der Waals surface area contributed by atoms with Crippen LogP contribution in [-0.4, -0.2) is 20.3 Å². The first-order valence-electron chi connectivity index (χ1n) is 8.48. The second-order valence-corrected chi connectivity index (χ2v) is 6.92. The van der Waals surface area contributed by atoms with Crippen molar-refractivity contribution >= 4 is 22.8 Å². The molecule has 0 aliphatic carbocycles. The van der Waals surface area contributed by atoms with Gasteiger partial charge in [0, 0.05) is 17.4 Å². The molecule has 0 radical (unpaired) electrons. The van der Waals surface area contributed by atoms with Crippen molar-refractivity contribution in [3.8, 4) is 16.8 Å². The van der Waals surface area contributed by atoms with E-state index in [0.29, 0.717) is 0 Å². The lowest BCUT2D eigenvalue weighted by molar-refractivity contribution is 1.04. The summed E-state index contributed by atoms with van der Waals surface area (Å²) in [5.74, 6) is 1.05. The van der Waals surface area contributed by atoms with Crippen LogP contribution in [0.5, 0.6) is 0 Å². The number of thioether (sulfide) groups is 1. The molecule has 4 rings (SSSR count). The first-order valence-corrected chi connectivity index (χ1v) is 9.46. The maximum atomic E-state index is 4.61. The predicted molar refractivity (Wildman–Crippen MR) is 105 cm³/mol. The molecule has 0 saturated carbocycles. The van der Waals surface area contributed by atoms with Crippen LogP contribution in [0.15, 0.2) is 78.2 Å². The highest BCUT2D eigenvalue weighted by Gasteiger charge is 2.17. The maximum absolute atomic E-state index is 4.61. The third-order valence-corrected chi connectivity index (χ3v) is 5.31. The van der Waals surface area contributed by atoms with Crippen LogP contribution in [0, 0.1) is 0 Å². The fourth-order valence-electron chi connectivity index (χ4n) is 2.96. The molecule has 0 amide bonds. The van der Waals surface area contributed by atoms with Crippen LogP contribution >= 0.6 is 11.8 Å². The van der Waals surface area contributed by atoms with Gasteiger partial charge < -0.3 is 4.57 Å². The summed E-state index contributed by atoms with van der Waals surface area (Å²) in [6.45, 7) is 2.19. The van der Waals surface area contributed by atoms with E-state index in [1.165, 1.54) is 11.1 Å². The Balaban J connectivity index is 1.99. The molecule has 4 heteroatoms. The Kier molecular flexibility index (Phi) is 4.53. The molecule has 2 aromatic carbocycles. The van der Waals surface area contributed by atoms with Gasteiger partial charge in [0.15, 0.2) is 0 Å². The van der Waals surface area contributed by atoms with Crippen LogP contribution in [0.2, 0.25) is 0 Å². The molecule has 25 heavy (non-hydrogen) atoms. The van der Waals surface area contributed by atoms with Gasteiger partial charge in [-0.15, -0.1) is 11.8 Å². The first-order chi connectivity index (χ1) is 12.4. The van der Waals surface area contributed by atoms with E-state index in [4.69, 9.17) is 0 Å². The molecule has 4 aromatic rings. The lowest BCUT2D eigenvalue weighted by Crippen LogP contribution is -1.94. The molecule has 0 spiro atoms. The summed E-state index contributed by atoms with van der Waals surface area (Å²) in [4.78, 5) is 9.19. The third kappa shape index (κ3) is 3.05. The van der Waals surface area contributed by atoms with Crippen LogP contribution in [0.4, 0.5) is 0 Å². The molecule has 0 bridgehead atoms. The molecule has 124 valence electrons. The molecule has 0 fully saturated rings. The van der Waals surface area contributed by atoms with E-state index in [2.05, 4.69) is 76.2 Å². The van der Waals surface area contributed by atoms with Gasteiger partial charge in [0.25, 0.3) is 0 Å². The molecule has 0 saturated heterocycles. The number of hydrogen-bond acceptors (Lipinski definition) is 3. The predicted octanol–water partition coefficient (Wildman–Crippen LogP) is 5.59. The Morgan fingerprint density at radius 3 is 2.36 bits per heavy atom. The zero-order chi connectivity index (χ0) is 17.1. The molecule has 3 nitrogen and oxygen atoms in total. The number of fused-ring (bicyclic) bond motifs is 1. The van der Waals surface area contributed by atoms with Crippen molar-refractivity contribution in [3.63, 3.8) is 0 Å². The maximum Gasteiger partial charge on any atom is 0.149 e. The number of para-hydroxylation sites is 1. The number of rotatable bonds is 5. The van der Waals surface area contributed by atoms with Gasteiger partial charge in [-0.2, -0.15) is 0 Å². The Labute approximate surface area is 151 Å². The van der Waals surface area contributed by atoms with E-state index in [0.717, 1.165) is 33.9 Å². The van der Waals surface area contributed by atoms with Crippen molar-refractivity contribution in [1.29, 1.82) is 0 Å². The summed E-state index contributed by atoms with van der Waals surface area (Å²) in [5, 5.41) is 2.19. The van der Waals surface area contributed by atoms with E-state index in [9.17, 15) is 0 Å². The van der Waals surface area contributed by atoms with E-state index in [1.54, 1.807) is 18.1 Å². The number of aromatic nitrogens is 3. The van der Waals surface area contributed by atoms with Gasteiger partial charge >= 0.3 is 0 Å². The zero-order valence-electron chi connectivity index (χ0n) is 14.1. The second kappa shape index (κ2) is 7.11. The Hall–Kier alpha value is -2.59. The van der Waals surface area contributed by atoms with Gasteiger partial charge in [0.1, 0.15) is 17.0 Å². The number of nitrogens with zero attached hydrogens (tertiary/aromatic N) is 3. The summed E-state index contributed by atoms with van der Waals surface area (Å²) >= 11 is 1.80.